The van der Waals surface area contributed by atoms with Gasteiger partial charge in [-0.3, -0.25) is 0 Å². The standard InChI is InChI=1S/C13H26O/c1-4-11(3)13(14)9-6-7-12(5-2)8-10-13/h11-12,14H,4-10H2,1-3H3. The Morgan fingerprint density at radius 2 is 2.00 bits per heavy atom. The molecule has 0 amide bonds. The van der Waals surface area contributed by atoms with Crippen molar-refractivity contribution in [1.82, 2.24) is 0 Å². The van der Waals surface area contributed by atoms with Crippen LogP contribution < -0.4 is 0 Å². The van der Waals surface area contributed by atoms with Crippen molar-refractivity contribution in [1.29, 1.82) is 0 Å². The number of hydrogen-bond acceptors (Lipinski definition) is 1. The lowest BCUT2D eigenvalue weighted by atomic mass is 9.80. The van der Waals surface area contributed by atoms with E-state index in [2.05, 4.69) is 20.8 Å². The van der Waals surface area contributed by atoms with Crippen LogP contribution in [-0.2, 0) is 0 Å². The molecule has 0 aromatic carbocycles. The van der Waals surface area contributed by atoms with Crippen molar-refractivity contribution < 1.29 is 5.11 Å². The van der Waals surface area contributed by atoms with Crippen molar-refractivity contribution in [2.45, 2.75) is 71.3 Å². The molecular formula is C13H26O. The van der Waals surface area contributed by atoms with Crippen LogP contribution in [0.4, 0.5) is 0 Å². The second-order valence-corrected chi connectivity index (χ2v) is 5.12. The van der Waals surface area contributed by atoms with Crippen LogP contribution in [-0.4, -0.2) is 10.7 Å². The molecule has 1 aliphatic rings. The number of aliphatic hydroxyl groups is 1. The third-order valence-corrected chi connectivity index (χ3v) is 4.31. The average molecular weight is 198 g/mol. The second kappa shape index (κ2) is 5.16. The maximum atomic E-state index is 10.5. The van der Waals surface area contributed by atoms with Gasteiger partial charge in [0.2, 0.25) is 0 Å². The van der Waals surface area contributed by atoms with Crippen LogP contribution in [0.25, 0.3) is 0 Å². The molecule has 0 aromatic heterocycles. The Kier molecular flexibility index (Phi) is 4.43. The molecule has 1 rings (SSSR count). The molecule has 3 atom stereocenters. The lowest BCUT2D eigenvalue weighted by molar-refractivity contribution is -0.0275. The van der Waals surface area contributed by atoms with E-state index < -0.39 is 0 Å². The molecule has 1 aliphatic carbocycles. The highest BCUT2D eigenvalue weighted by atomic mass is 16.3. The first-order chi connectivity index (χ1) is 6.62. The zero-order valence-electron chi connectivity index (χ0n) is 10.1. The van der Waals surface area contributed by atoms with Crippen LogP contribution in [0.3, 0.4) is 0 Å². The average Bonchev–Trinajstić information content (AvgIpc) is 2.40. The third-order valence-electron chi connectivity index (χ3n) is 4.31. The van der Waals surface area contributed by atoms with E-state index >= 15 is 0 Å². The topological polar surface area (TPSA) is 20.2 Å². The lowest BCUT2D eigenvalue weighted by Crippen LogP contribution is -2.35. The minimum atomic E-state index is -0.349. The minimum Gasteiger partial charge on any atom is -0.390 e. The predicted molar refractivity (Wildman–Crippen MR) is 61.3 cm³/mol. The highest BCUT2D eigenvalue weighted by Gasteiger charge is 2.34. The highest BCUT2D eigenvalue weighted by Crippen LogP contribution is 2.37. The fourth-order valence-corrected chi connectivity index (χ4v) is 2.70. The molecule has 1 nitrogen and oxygen atoms in total. The molecule has 0 bridgehead atoms. The lowest BCUT2D eigenvalue weighted by Gasteiger charge is -2.32. The van der Waals surface area contributed by atoms with Crippen LogP contribution in [0.5, 0.6) is 0 Å². The first-order valence-electron chi connectivity index (χ1n) is 6.34. The fraction of sp³-hybridized carbons (Fsp3) is 1.00. The summed E-state index contributed by atoms with van der Waals surface area (Å²) in [6, 6.07) is 0. The fourth-order valence-electron chi connectivity index (χ4n) is 2.70. The summed E-state index contributed by atoms with van der Waals surface area (Å²) in [4.78, 5) is 0. The van der Waals surface area contributed by atoms with E-state index in [0.29, 0.717) is 5.92 Å². The molecule has 1 heteroatoms. The van der Waals surface area contributed by atoms with Gasteiger partial charge in [-0.15, -0.1) is 0 Å². The summed E-state index contributed by atoms with van der Waals surface area (Å²) < 4.78 is 0. The van der Waals surface area contributed by atoms with E-state index in [1.165, 1.54) is 25.7 Å². The molecule has 0 aliphatic heterocycles. The molecular weight excluding hydrogens is 172 g/mol. The number of hydrogen-bond donors (Lipinski definition) is 1. The minimum absolute atomic E-state index is 0.349. The summed E-state index contributed by atoms with van der Waals surface area (Å²) >= 11 is 0. The smallest absolute Gasteiger partial charge is 0.0673 e. The Morgan fingerprint density at radius 1 is 1.29 bits per heavy atom. The molecule has 0 heterocycles. The Bertz CT molecular complexity index is 167. The molecule has 0 aromatic rings. The van der Waals surface area contributed by atoms with Crippen molar-refractivity contribution in [3.05, 3.63) is 0 Å². The monoisotopic (exact) mass is 198 g/mol. The molecule has 3 unspecified atom stereocenters. The zero-order valence-corrected chi connectivity index (χ0v) is 10.1. The van der Waals surface area contributed by atoms with Crippen LogP contribution in [0.15, 0.2) is 0 Å². The van der Waals surface area contributed by atoms with Gasteiger partial charge in [0.25, 0.3) is 0 Å². The van der Waals surface area contributed by atoms with Gasteiger partial charge in [0.1, 0.15) is 0 Å². The Morgan fingerprint density at radius 3 is 2.57 bits per heavy atom. The van der Waals surface area contributed by atoms with Gasteiger partial charge in [-0.1, -0.05) is 46.5 Å². The summed E-state index contributed by atoms with van der Waals surface area (Å²) in [5.74, 6) is 1.34. The van der Waals surface area contributed by atoms with E-state index in [4.69, 9.17) is 0 Å². The van der Waals surface area contributed by atoms with Gasteiger partial charge in [-0.05, 0) is 31.1 Å². The van der Waals surface area contributed by atoms with Crippen LogP contribution in [0.2, 0.25) is 0 Å². The first kappa shape index (κ1) is 12.0. The Balaban J connectivity index is 2.55. The van der Waals surface area contributed by atoms with Crippen LogP contribution >= 0.6 is 0 Å². The maximum Gasteiger partial charge on any atom is 0.0673 e. The number of rotatable bonds is 3. The van der Waals surface area contributed by atoms with Gasteiger partial charge < -0.3 is 5.11 Å². The summed E-state index contributed by atoms with van der Waals surface area (Å²) in [7, 11) is 0. The van der Waals surface area contributed by atoms with Gasteiger partial charge in [0.05, 0.1) is 5.60 Å². The molecule has 0 saturated heterocycles. The Hall–Kier alpha value is -0.0400. The summed E-state index contributed by atoms with van der Waals surface area (Å²) in [6.45, 7) is 6.66. The van der Waals surface area contributed by atoms with Gasteiger partial charge in [-0.25, -0.2) is 0 Å². The van der Waals surface area contributed by atoms with Gasteiger partial charge in [-0.2, -0.15) is 0 Å². The quantitative estimate of drug-likeness (QED) is 0.685. The largest absolute Gasteiger partial charge is 0.390 e. The third kappa shape index (κ3) is 2.73. The molecule has 1 N–H and O–H groups in total. The predicted octanol–water partition coefficient (Wildman–Crippen LogP) is 3.75. The van der Waals surface area contributed by atoms with Crippen molar-refractivity contribution in [3.63, 3.8) is 0 Å². The van der Waals surface area contributed by atoms with Crippen molar-refractivity contribution >= 4 is 0 Å². The van der Waals surface area contributed by atoms with E-state index in [1.54, 1.807) is 0 Å². The molecule has 1 fully saturated rings. The van der Waals surface area contributed by atoms with Crippen molar-refractivity contribution in [2.75, 3.05) is 0 Å². The Labute approximate surface area is 88.9 Å². The van der Waals surface area contributed by atoms with E-state index in [0.717, 1.165) is 25.2 Å². The summed E-state index contributed by atoms with van der Waals surface area (Å²) in [5.41, 5.74) is -0.349. The van der Waals surface area contributed by atoms with Gasteiger partial charge in [0.15, 0.2) is 0 Å². The molecule has 0 spiro atoms. The van der Waals surface area contributed by atoms with Crippen molar-refractivity contribution in [2.24, 2.45) is 11.8 Å². The summed E-state index contributed by atoms with van der Waals surface area (Å²) in [5, 5.41) is 10.5. The SMILES string of the molecule is CCC1CCCC(O)(C(C)CC)CC1. The first-order valence-corrected chi connectivity index (χ1v) is 6.34. The van der Waals surface area contributed by atoms with Crippen LogP contribution in [0.1, 0.15) is 65.7 Å². The molecule has 0 radical (unpaired) electrons. The molecule has 14 heavy (non-hydrogen) atoms. The highest BCUT2D eigenvalue weighted by molar-refractivity contribution is 4.86. The van der Waals surface area contributed by atoms with E-state index in [-0.39, 0.29) is 5.60 Å². The second-order valence-electron chi connectivity index (χ2n) is 5.12. The van der Waals surface area contributed by atoms with Crippen molar-refractivity contribution in [3.8, 4) is 0 Å². The van der Waals surface area contributed by atoms with Crippen LogP contribution in [0, 0.1) is 11.8 Å². The van der Waals surface area contributed by atoms with Gasteiger partial charge >= 0.3 is 0 Å². The zero-order chi connectivity index (χ0) is 10.6. The molecule has 84 valence electrons. The maximum absolute atomic E-state index is 10.5. The van der Waals surface area contributed by atoms with E-state index in [9.17, 15) is 5.11 Å². The normalized spacial score (nSPS) is 36.4. The summed E-state index contributed by atoms with van der Waals surface area (Å²) in [6.07, 6.45) is 8.23. The molecule has 1 saturated carbocycles. The van der Waals surface area contributed by atoms with E-state index in [1.807, 2.05) is 0 Å². The van der Waals surface area contributed by atoms with Gasteiger partial charge in [0, 0.05) is 0 Å².